The molecule has 0 saturated heterocycles. The zero-order chi connectivity index (χ0) is 35.6. The summed E-state index contributed by atoms with van der Waals surface area (Å²) in [5, 5.41) is 15.9. The number of urea groups is 1. The van der Waals surface area contributed by atoms with E-state index in [-0.39, 0.29) is 61.9 Å². The van der Waals surface area contributed by atoms with Gasteiger partial charge in [0.1, 0.15) is 5.75 Å². The van der Waals surface area contributed by atoms with Crippen molar-refractivity contribution in [3.05, 3.63) is 77.9 Å². The topological polar surface area (TPSA) is 139 Å². The predicted molar refractivity (Wildman–Crippen MR) is 190 cm³/mol. The van der Waals surface area contributed by atoms with E-state index in [1.54, 1.807) is 60.2 Å². The van der Waals surface area contributed by atoms with Crippen molar-refractivity contribution >= 4 is 29.2 Å². The number of hydrogen-bond acceptors (Lipinski definition) is 8. The standard InChI is InChI=1S/C38H48N4O8/c1-25-21-42(26(2)23-43)37(45)31-19-29(39-38(46)40-30-14-16-33-34(20-30)49-24-48-33)13-15-32(31)50-27(3)10-8-9-17-47-35(25)22-41(4)36(44)18-28-11-6-5-7-12-28/h5-7,11-16,19-20,25-27,35,43H,8-10,17-18,21-24H2,1-4H3,(H2,39,40,46)/t25-,26-,27+,35+/m0/s1. The minimum Gasteiger partial charge on any atom is -0.490 e. The van der Waals surface area contributed by atoms with Gasteiger partial charge in [-0.25, -0.2) is 4.79 Å². The van der Waals surface area contributed by atoms with Crippen LogP contribution in [-0.2, 0) is 16.0 Å². The minimum atomic E-state index is -0.535. The Morgan fingerprint density at radius 1 is 0.960 bits per heavy atom. The number of nitrogens with zero attached hydrogens (tertiary/aromatic N) is 2. The summed E-state index contributed by atoms with van der Waals surface area (Å²) in [6, 6.07) is 18.7. The molecule has 4 atom stereocenters. The second kappa shape index (κ2) is 17.2. The number of carbonyl (C=O) groups excluding carboxylic acids is 3. The zero-order valence-corrected chi connectivity index (χ0v) is 29.2. The number of carbonyl (C=O) groups is 3. The van der Waals surface area contributed by atoms with Crippen LogP contribution in [0.1, 0.15) is 56.0 Å². The summed E-state index contributed by atoms with van der Waals surface area (Å²) in [6.07, 6.45) is 2.12. The molecule has 12 nitrogen and oxygen atoms in total. The molecule has 0 radical (unpaired) electrons. The fourth-order valence-electron chi connectivity index (χ4n) is 6.01. The number of amides is 4. The molecule has 0 unspecified atom stereocenters. The van der Waals surface area contributed by atoms with E-state index in [1.807, 2.05) is 44.2 Å². The Balaban J connectivity index is 1.36. The van der Waals surface area contributed by atoms with E-state index in [0.29, 0.717) is 41.8 Å². The molecular formula is C38H48N4O8. The Morgan fingerprint density at radius 2 is 1.66 bits per heavy atom. The van der Waals surface area contributed by atoms with Gasteiger partial charge in [0.15, 0.2) is 11.5 Å². The van der Waals surface area contributed by atoms with Crippen molar-refractivity contribution in [2.45, 2.75) is 64.7 Å². The van der Waals surface area contributed by atoms with Gasteiger partial charge in [0.2, 0.25) is 12.7 Å². The van der Waals surface area contributed by atoms with Crippen LogP contribution in [0.15, 0.2) is 66.7 Å². The highest BCUT2D eigenvalue weighted by atomic mass is 16.7. The monoisotopic (exact) mass is 688 g/mol. The lowest BCUT2D eigenvalue weighted by atomic mass is 10.0. The van der Waals surface area contributed by atoms with Crippen LogP contribution in [-0.4, -0.2) is 91.1 Å². The first-order chi connectivity index (χ1) is 24.1. The summed E-state index contributed by atoms with van der Waals surface area (Å²) in [5.41, 5.74) is 2.10. The maximum absolute atomic E-state index is 14.4. The van der Waals surface area contributed by atoms with Gasteiger partial charge in [0, 0.05) is 50.1 Å². The molecule has 2 aliphatic heterocycles. The third kappa shape index (κ3) is 9.66. The van der Waals surface area contributed by atoms with E-state index in [0.717, 1.165) is 24.8 Å². The van der Waals surface area contributed by atoms with E-state index >= 15 is 0 Å². The second-order valence-electron chi connectivity index (χ2n) is 13.1. The molecule has 0 spiro atoms. The van der Waals surface area contributed by atoms with Crippen LogP contribution in [0.3, 0.4) is 0 Å². The molecule has 12 heteroatoms. The van der Waals surface area contributed by atoms with Crippen LogP contribution < -0.4 is 24.8 Å². The van der Waals surface area contributed by atoms with Crippen LogP contribution in [0.5, 0.6) is 17.2 Å². The van der Waals surface area contributed by atoms with Crippen molar-refractivity contribution in [1.82, 2.24) is 9.80 Å². The second-order valence-corrected chi connectivity index (χ2v) is 13.1. The van der Waals surface area contributed by atoms with E-state index < -0.39 is 12.1 Å². The fourth-order valence-corrected chi connectivity index (χ4v) is 6.01. The quantitative estimate of drug-likeness (QED) is 0.280. The molecule has 3 aromatic carbocycles. The van der Waals surface area contributed by atoms with Crippen molar-refractivity contribution in [2.24, 2.45) is 5.92 Å². The zero-order valence-electron chi connectivity index (χ0n) is 29.2. The molecule has 3 N–H and O–H groups in total. The van der Waals surface area contributed by atoms with Crippen LogP contribution in [0.2, 0.25) is 0 Å². The highest BCUT2D eigenvalue weighted by Crippen LogP contribution is 2.34. The molecule has 0 bridgehead atoms. The van der Waals surface area contributed by atoms with Gasteiger partial charge in [-0.15, -0.1) is 0 Å². The molecule has 2 aliphatic rings. The van der Waals surface area contributed by atoms with Gasteiger partial charge in [0.25, 0.3) is 5.91 Å². The molecule has 0 aromatic heterocycles. The number of fused-ring (bicyclic) bond motifs is 2. The van der Waals surface area contributed by atoms with Crippen LogP contribution >= 0.6 is 0 Å². The Bertz CT molecular complexity index is 1620. The van der Waals surface area contributed by atoms with Crippen molar-refractivity contribution in [3.8, 4) is 17.2 Å². The summed E-state index contributed by atoms with van der Waals surface area (Å²) < 4.78 is 23.5. The number of ether oxygens (including phenoxy) is 4. The van der Waals surface area contributed by atoms with Gasteiger partial charge >= 0.3 is 6.03 Å². The van der Waals surface area contributed by atoms with Crippen LogP contribution in [0.4, 0.5) is 16.2 Å². The lowest BCUT2D eigenvalue weighted by Gasteiger charge is -2.36. The molecule has 0 aliphatic carbocycles. The minimum absolute atomic E-state index is 0.0226. The van der Waals surface area contributed by atoms with E-state index in [4.69, 9.17) is 18.9 Å². The molecule has 268 valence electrons. The van der Waals surface area contributed by atoms with Gasteiger partial charge in [0.05, 0.1) is 36.8 Å². The molecule has 50 heavy (non-hydrogen) atoms. The molecule has 2 heterocycles. The van der Waals surface area contributed by atoms with Gasteiger partial charge in [-0.1, -0.05) is 37.3 Å². The highest BCUT2D eigenvalue weighted by molar-refractivity contribution is 6.02. The first-order valence-electron chi connectivity index (χ1n) is 17.2. The Hall–Kier alpha value is -4.81. The van der Waals surface area contributed by atoms with Crippen molar-refractivity contribution < 1.29 is 38.4 Å². The SMILES string of the molecule is C[C@@H]1CCCCO[C@H](CN(C)C(=O)Cc2ccccc2)[C@@H](C)CN([C@@H](C)CO)C(=O)c2cc(NC(=O)Nc3ccc4c(c3)OCO4)ccc2O1. The largest absolute Gasteiger partial charge is 0.490 e. The van der Waals surface area contributed by atoms with E-state index in [2.05, 4.69) is 10.6 Å². The van der Waals surface area contributed by atoms with E-state index in [1.165, 1.54) is 0 Å². The maximum atomic E-state index is 14.4. The summed E-state index contributed by atoms with van der Waals surface area (Å²) in [4.78, 5) is 43.9. The number of nitrogens with one attached hydrogen (secondary N) is 2. The fraction of sp³-hybridized carbons (Fsp3) is 0.447. The smallest absolute Gasteiger partial charge is 0.323 e. The number of anilines is 2. The predicted octanol–water partition coefficient (Wildman–Crippen LogP) is 5.56. The van der Waals surface area contributed by atoms with Crippen molar-refractivity contribution in [3.63, 3.8) is 0 Å². The molecule has 3 aromatic rings. The van der Waals surface area contributed by atoms with Gasteiger partial charge in [-0.05, 0) is 69.0 Å². The molecule has 4 amide bonds. The summed E-state index contributed by atoms with van der Waals surface area (Å²) in [5.74, 6) is 0.960. The van der Waals surface area contributed by atoms with Crippen molar-refractivity contribution in [1.29, 1.82) is 0 Å². The Morgan fingerprint density at radius 3 is 2.40 bits per heavy atom. The number of aliphatic hydroxyl groups is 1. The average molecular weight is 689 g/mol. The number of benzene rings is 3. The maximum Gasteiger partial charge on any atom is 0.323 e. The van der Waals surface area contributed by atoms with Crippen molar-refractivity contribution in [2.75, 3.05) is 50.8 Å². The molecule has 5 rings (SSSR count). The summed E-state index contributed by atoms with van der Waals surface area (Å²) >= 11 is 0. The third-order valence-electron chi connectivity index (χ3n) is 9.02. The average Bonchev–Trinajstić information content (AvgIpc) is 3.58. The Kier molecular flexibility index (Phi) is 12.6. The third-order valence-corrected chi connectivity index (χ3v) is 9.02. The van der Waals surface area contributed by atoms with Gasteiger partial charge in [-0.2, -0.15) is 0 Å². The highest BCUT2D eigenvalue weighted by Gasteiger charge is 2.31. The molecule has 0 fully saturated rings. The summed E-state index contributed by atoms with van der Waals surface area (Å²) in [6.45, 7) is 6.70. The number of likely N-dealkylation sites (N-methyl/N-ethyl adjacent to an activating group) is 1. The Labute approximate surface area is 293 Å². The number of rotatable bonds is 8. The molecule has 0 saturated carbocycles. The summed E-state index contributed by atoms with van der Waals surface area (Å²) in [7, 11) is 1.78. The lowest BCUT2D eigenvalue weighted by molar-refractivity contribution is -0.131. The van der Waals surface area contributed by atoms with Crippen LogP contribution in [0, 0.1) is 5.92 Å². The first kappa shape index (κ1) is 36.5. The van der Waals surface area contributed by atoms with E-state index in [9.17, 15) is 19.5 Å². The first-order valence-corrected chi connectivity index (χ1v) is 17.2. The number of aliphatic hydroxyl groups excluding tert-OH is 1. The van der Waals surface area contributed by atoms with Gasteiger partial charge < -0.3 is 44.5 Å². The number of hydrogen-bond donors (Lipinski definition) is 3. The van der Waals surface area contributed by atoms with Crippen LogP contribution in [0.25, 0.3) is 0 Å². The van der Waals surface area contributed by atoms with Gasteiger partial charge in [-0.3, -0.25) is 9.59 Å². The molecular weight excluding hydrogens is 640 g/mol. The lowest BCUT2D eigenvalue weighted by Crippen LogP contribution is -2.48. The normalized spacial score (nSPS) is 20.1.